The van der Waals surface area contributed by atoms with E-state index < -0.39 is 17.7 Å². The summed E-state index contributed by atoms with van der Waals surface area (Å²) in [7, 11) is 0. The Morgan fingerprint density at radius 3 is 1.53 bits per heavy atom. The molecule has 0 aromatic rings. The van der Waals surface area contributed by atoms with E-state index in [0.717, 1.165) is 19.3 Å². The molecule has 5 nitrogen and oxygen atoms in total. The first-order valence-electron chi connectivity index (χ1n) is 7.50. The molecule has 0 aromatic carbocycles. The van der Waals surface area contributed by atoms with Gasteiger partial charge in [-0.15, -0.1) is 0 Å². The van der Waals surface area contributed by atoms with E-state index in [1.54, 1.807) is 0 Å². The van der Waals surface area contributed by atoms with Crippen molar-refractivity contribution in [2.75, 3.05) is 26.4 Å². The lowest BCUT2D eigenvalue weighted by Crippen LogP contribution is -2.72. The third-order valence-electron chi connectivity index (χ3n) is 6.12. The van der Waals surface area contributed by atoms with Gasteiger partial charge in [0.2, 0.25) is 0 Å². The van der Waals surface area contributed by atoms with Gasteiger partial charge in [0.1, 0.15) is 0 Å². The number of hydrogen-bond donors (Lipinski definition) is 1. The van der Waals surface area contributed by atoms with E-state index in [9.17, 15) is 5.11 Å². The molecule has 2 heterocycles. The number of hydrogen-bond acceptors (Lipinski definition) is 5. The lowest BCUT2D eigenvalue weighted by atomic mass is 9.49. The summed E-state index contributed by atoms with van der Waals surface area (Å²) in [5, 5.41) is 10.8. The van der Waals surface area contributed by atoms with E-state index in [4.69, 9.17) is 18.9 Å². The van der Waals surface area contributed by atoms with Gasteiger partial charge >= 0.3 is 0 Å². The minimum absolute atomic E-state index is 0.0934. The summed E-state index contributed by atoms with van der Waals surface area (Å²) in [6.45, 7) is 2.64. The third-order valence-corrected chi connectivity index (χ3v) is 6.12. The van der Waals surface area contributed by atoms with E-state index in [0.29, 0.717) is 38.3 Å². The Balaban J connectivity index is 1.57. The minimum atomic E-state index is -0.507. The first kappa shape index (κ1) is 11.5. The highest BCUT2D eigenvalue weighted by molar-refractivity contribution is 5.15. The molecule has 6 rings (SSSR count). The summed E-state index contributed by atoms with van der Waals surface area (Å²) in [5.74, 6) is -0.0396. The zero-order valence-electron chi connectivity index (χ0n) is 10.9. The molecule has 4 aliphatic carbocycles. The summed E-state index contributed by atoms with van der Waals surface area (Å²) in [6, 6.07) is 0. The van der Waals surface area contributed by atoms with Gasteiger partial charge in [-0.25, -0.2) is 0 Å². The van der Waals surface area contributed by atoms with Gasteiger partial charge in [0.15, 0.2) is 11.6 Å². The predicted octanol–water partition coefficient (Wildman–Crippen LogP) is 0.509. The highest BCUT2D eigenvalue weighted by Gasteiger charge is 2.73. The molecule has 2 aliphatic heterocycles. The van der Waals surface area contributed by atoms with Crippen LogP contribution in [0.2, 0.25) is 0 Å². The molecule has 4 bridgehead atoms. The molecule has 2 spiro atoms. The maximum Gasteiger partial charge on any atom is 0.176 e. The fourth-order valence-electron chi connectivity index (χ4n) is 5.56. The van der Waals surface area contributed by atoms with Crippen LogP contribution in [-0.2, 0) is 18.9 Å². The van der Waals surface area contributed by atoms with Crippen molar-refractivity contribution in [3.05, 3.63) is 0 Å². The van der Waals surface area contributed by atoms with Gasteiger partial charge in [0.05, 0.1) is 32.5 Å². The molecule has 4 saturated carbocycles. The van der Waals surface area contributed by atoms with Gasteiger partial charge in [-0.05, 0) is 19.3 Å². The summed E-state index contributed by atoms with van der Waals surface area (Å²) < 4.78 is 23.9. The molecular weight excluding hydrogens is 248 g/mol. The minimum Gasteiger partial charge on any atom is -0.392 e. The molecule has 0 aromatic heterocycles. The fraction of sp³-hybridized carbons (Fsp3) is 1.00. The van der Waals surface area contributed by atoms with Gasteiger partial charge in [0, 0.05) is 23.7 Å². The highest BCUT2D eigenvalue weighted by Crippen LogP contribution is 2.65. The van der Waals surface area contributed by atoms with E-state index in [1.165, 1.54) is 0 Å². The Kier molecular flexibility index (Phi) is 2.12. The van der Waals surface area contributed by atoms with Gasteiger partial charge in [0.25, 0.3) is 0 Å². The van der Waals surface area contributed by atoms with Crippen molar-refractivity contribution in [3.63, 3.8) is 0 Å². The number of ether oxygens (including phenoxy) is 4. The van der Waals surface area contributed by atoms with Crippen LogP contribution in [0.3, 0.4) is 0 Å². The van der Waals surface area contributed by atoms with E-state index in [1.807, 2.05) is 0 Å². The Morgan fingerprint density at radius 1 is 0.684 bits per heavy atom. The Hall–Kier alpha value is -0.200. The van der Waals surface area contributed by atoms with Crippen LogP contribution in [0.25, 0.3) is 0 Å². The van der Waals surface area contributed by atoms with Gasteiger partial charge in [-0.2, -0.15) is 0 Å². The average Bonchev–Trinajstić information content (AvgIpc) is 3.05. The monoisotopic (exact) mass is 268 g/mol. The quantitative estimate of drug-likeness (QED) is 0.693. The van der Waals surface area contributed by atoms with Crippen molar-refractivity contribution in [2.24, 2.45) is 23.7 Å². The Labute approximate surface area is 112 Å². The maximum absolute atomic E-state index is 10.8. The largest absolute Gasteiger partial charge is 0.392 e. The van der Waals surface area contributed by atoms with Crippen molar-refractivity contribution in [3.8, 4) is 0 Å². The molecule has 0 unspecified atom stereocenters. The second-order valence-corrected chi connectivity index (χ2v) is 6.64. The van der Waals surface area contributed by atoms with Crippen molar-refractivity contribution >= 4 is 0 Å². The zero-order chi connectivity index (χ0) is 12.7. The lowest BCUT2D eigenvalue weighted by molar-refractivity contribution is -0.385. The topological polar surface area (TPSA) is 57.2 Å². The van der Waals surface area contributed by atoms with Gasteiger partial charge in [-0.3, -0.25) is 0 Å². The van der Waals surface area contributed by atoms with Crippen molar-refractivity contribution in [1.82, 2.24) is 0 Å². The summed E-state index contributed by atoms with van der Waals surface area (Å²) in [4.78, 5) is 0. The normalized spacial score (nSPS) is 52.6. The van der Waals surface area contributed by atoms with E-state index >= 15 is 0 Å². The standard InChI is InChI=1S/C14H20O5/c15-12-10-7-9-5-8(13(10)16-1-2-17-13)6-11(12)14(9)18-3-4-19-14/h8-12,15H,1-7H2/t8-,9-,10+,11+/m0/s1. The number of rotatable bonds is 0. The first-order valence-corrected chi connectivity index (χ1v) is 7.50. The van der Waals surface area contributed by atoms with Crippen LogP contribution >= 0.6 is 0 Å². The SMILES string of the molecule is OC1[C@H]2C[C@@H]3C[C@@H](C[C@H]1C31OCCO1)C21OCCO1. The molecule has 5 heteroatoms. The van der Waals surface area contributed by atoms with Crippen molar-refractivity contribution in [1.29, 1.82) is 0 Å². The smallest absolute Gasteiger partial charge is 0.176 e. The molecule has 19 heavy (non-hydrogen) atoms. The third kappa shape index (κ3) is 1.16. The zero-order valence-corrected chi connectivity index (χ0v) is 10.9. The Morgan fingerprint density at radius 2 is 1.11 bits per heavy atom. The van der Waals surface area contributed by atoms with Crippen LogP contribution in [0.1, 0.15) is 19.3 Å². The predicted molar refractivity (Wildman–Crippen MR) is 63.1 cm³/mol. The lowest BCUT2D eigenvalue weighted by Gasteiger charge is -2.65. The van der Waals surface area contributed by atoms with Crippen LogP contribution in [-0.4, -0.2) is 49.2 Å². The molecule has 6 fully saturated rings. The molecule has 0 radical (unpaired) electrons. The van der Waals surface area contributed by atoms with Crippen molar-refractivity contribution in [2.45, 2.75) is 36.9 Å². The second kappa shape index (κ2) is 3.52. The van der Waals surface area contributed by atoms with E-state index in [-0.39, 0.29) is 11.8 Å². The van der Waals surface area contributed by atoms with E-state index in [2.05, 4.69) is 0 Å². The maximum atomic E-state index is 10.8. The van der Waals surface area contributed by atoms with Crippen LogP contribution in [0.4, 0.5) is 0 Å². The van der Waals surface area contributed by atoms with Crippen LogP contribution in [0.15, 0.2) is 0 Å². The molecule has 0 amide bonds. The first-order chi connectivity index (χ1) is 9.26. The summed E-state index contributed by atoms with van der Waals surface area (Å²) in [5.41, 5.74) is 0. The van der Waals surface area contributed by atoms with Crippen LogP contribution < -0.4 is 0 Å². The van der Waals surface area contributed by atoms with Crippen molar-refractivity contribution < 1.29 is 24.1 Å². The van der Waals surface area contributed by atoms with Crippen LogP contribution in [0.5, 0.6) is 0 Å². The number of aliphatic hydroxyl groups is 1. The summed E-state index contributed by atoms with van der Waals surface area (Å²) >= 11 is 0. The molecule has 1 N–H and O–H groups in total. The molecular formula is C14H20O5. The number of aliphatic hydroxyl groups excluding tert-OH is 1. The molecule has 2 saturated heterocycles. The summed E-state index contributed by atoms with van der Waals surface area (Å²) in [6.07, 6.45) is 2.41. The Bertz CT molecular complexity index is 363. The van der Waals surface area contributed by atoms with Gasteiger partial charge in [-0.1, -0.05) is 0 Å². The average molecular weight is 268 g/mol. The fourth-order valence-corrected chi connectivity index (χ4v) is 5.56. The molecule has 106 valence electrons. The van der Waals surface area contributed by atoms with Crippen LogP contribution in [0, 0.1) is 23.7 Å². The highest BCUT2D eigenvalue weighted by atomic mass is 16.7. The molecule has 6 aliphatic rings. The second-order valence-electron chi connectivity index (χ2n) is 6.64. The van der Waals surface area contributed by atoms with Gasteiger partial charge < -0.3 is 24.1 Å². The molecule has 4 atom stereocenters.